The number of rotatable bonds is 5. The maximum absolute atomic E-state index is 12.9. The summed E-state index contributed by atoms with van der Waals surface area (Å²) in [5.74, 6) is -1.27. The van der Waals surface area contributed by atoms with Gasteiger partial charge in [-0.05, 0) is 31.5 Å². The van der Waals surface area contributed by atoms with Crippen LogP contribution in [-0.4, -0.2) is 52.8 Å². The van der Waals surface area contributed by atoms with Gasteiger partial charge in [0.15, 0.2) is 0 Å². The number of Topliss-reactive ketones (excluding diaryl/α,β-unsaturated/α-hetero) is 1. The number of benzene rings is 2. The lowest BCUT2D eigenvalue weighted by Crippen LogP contribution is -2.37. The van der Waals surface area contributed by atoms with Crippen molar-refractivity contribution in [3.63, 3.8) is 0 Å². The molecule has 0 aliphatic carbocycles. The maximum atomic E-state index is 12.9. The van der Waals surface area contributed by atoms with E-state index in [4.69, 9.17) is 0 Å². The number of likely N-dealkylation sites (tertiary alicyclic amines) is 2. The summed E-state index contributed by atoms with van der Waals surface area (Å²) < 4.78 is 0. The highest BCUT2D eigenvalue weighted by atomic mass is 16.3. The Labute approximate surface area is 164 Å². The fourth-order valence-corrected chi connectivity index (χ4v) is 4.10. The van der Waals surface area contributed by atoms with Crippen molar-refractivity contribution in [3.8, 4) is 0 Å². The molecule has 2 aromatic carbocycles. The van der Waals surface area contributed by atoms with Crippen molar-refractivity contribution in [2.75, 3.05) is 26.2 Å². The van der Waals surface area contributed by atoms with Crippen LogP contribution in [0.15, 0.2) is 66.2 Å². The van der Waals surface area contributed by atoms with E-state index in [-0.39, 0.29) is 11.3 Å². The molecule has 2 heterocycles. The van der Waals surface area contributed by atoms with E-state index >= 15 is 0 Å². The van der Waals surface area contributed by atoms with Gasteiger partial charge in [-0.1, -0.05) is 60.7 Å². The van der Waals surface area contributed by atoms with Crippen LogP contribution in [0.4, 0.5) is 0 Å². The molecule has 144 valence electrons. The molecule has 5 nitrogen and oxygen atoms in total. The molecule has 0 spiro atoms. The van der Waals surface area contributed by atoms with Gasteiger partial charge >= 0.3 is 0 Å². The second-order valence-corrected chi connectivity index (χ2v) is 7.32. The average Bonchev–Trinajstić information content (AvgIpc) is 3.34. The summed E-state index contributed by atoms with van der Waals surface area (Å²) in [5.41, 5.74) is 1.55. The third kappa shape index (κ3) is 3.45. The largest absolute Gasteiger partial charge is 0.507 e. The Balaban J connectivity index is 1.74. The maximum Gasteiger partial charge on any atom is 0.295 e. The van der Waals surface area contributed by atoms with E-state index in [0.29, 0.717) is 12.1 Å². The van der Waals surface area contributed by atoms with Crippen LogP contribution in [0.5, 0.6) is 0 Å². The van der Waals surface area contributed by atoms with E-state index < -0.39 is 17.7 Å². The second-order valence-electron chi connectivity index (χ2n) is 7.32. The minimum atomic E-state index is -0.614. The van der Waals surface area contributed by atoms with Crippen LogP contribution in [0.2, 0.25) is 0 Å². The Hall–Kier alpha value is -2.92. The van der Waals surface area contributed by atoms with Gasteiger partial charge in [-0.25, -0.2) is 0 Å². The van der Waals surface area contributed by atoms with Crippen molar-refractivity contribution in [1.82, 2.24) is 9.80 Å². The molecule has 2 aliphatic heterocycles. The summed E-state index contributed by atoms with van der Waals surface area (Å²) in [7, 11) is 0. The molecule has 0 aromatic heterocycles. The van der Waals surface area contributed by atoms with E-state index in [1.165, 1.54) is 12.8 Å². The van der Waals surface area contributed by atoms with Crippen LogP contribution in [0, 0.1) is 0 Å². The van der Waals surface area contributed by atoms with Crippen LogP contribution >= 0.6 is 0 Å². The van der Waals surface area contributed by atoms with E-state index in [9.17, 15) is 14.7 Å². The monoisotopic (exact) mass is 376 g/mol. The number of carbonyl (C=O) groups excluding carboxylic acids is 2. The Morgan fingerprint density at radius 2 is 1.50 bits per heavy atom. The van der Waals surface area contributed by atoms with Gasteiger partial charge in [-0.15, -0.1) is 0 Å². The fraction of sp³-hybridized carbons (Fsp3) is 0.304. The average molecular weight is 376 g/mol. The van der Waals surface area contributed by atoms with Gasteiger partial charge in [0.25, 0.3) is 11.7 Å². The van der Waals surface area contributed by atoms with Crippen LogP contribution < -0.4 is 0 Å². The number of amides is 1. The number of ketones is 1. The van der Waals surface area contributed by atoms with Crippen molar-refractivity contribution >= 4 is 17.4 Å². The first kappa shape index (κ1) is 18.4. The molecule has 1 amide bonds. The Morgan fingerprint density at radius 3 is 2.14 bits per heavy atom. The fourth-order valence-electron chi connectivity index (χ4n) is 4.10. The first-order valence-electron chi connectivity index (χ1n) is 9.78. The second kappa shape index (κ2) is 7.98. The van der Waals surface area contributed by atoms with Crippen LogP contribution in [0.3, 0.4) is 0 Å². The highest BCUT2D eigenvalue weighted by molar-refractivity contribution is 6.46. The Bertz CT molecular complexity index is 887. The SMILES string of the molecule is O=C1C(=O)N(CCN2CCCC2)C(c2ccccc2)/C1=C(\O)c1ccccc1. The number of hydrogen-bond acceptors (Lipinski definition) is 4. The molecule has 1 N–H and O–H groups in total. The first-order valence-corrected chi connectivity index (χ1v) is 9.78. The van der Waals surface area contributed by atoms with E-state index in [1.807, 2.05) is 36.4 Å². The summed E-state index contributed by atoms with van der Waals surface area (Å²) in [6, 6.07) is 17.9. The molecule has 2 aliphatic rings. The smallest absolute Gasteiger partial charge is 0.295 e. The lowest BCUT2D eigenvalue weighted by atomic mass is 9.95. The molecule has 4 rings (SSSR count). The van der Waals surface area contributed by atoms with Crippen molar-refractivity contribution in [2.45, 2.75) is 18.9 Å². The van der Waals surface area contributed by atoms with Gasteiger partial charge < -0.3 is 14.9 Å². The molecule has 5 heteroatoms. The van der Waals surface area contributed by atoms with Gasteiger partial charge in [0.1, 0.15) is 5.76 Å². The van der Waals surface area contributed by atoms with Crippen LogP contribution in [0.25, 0.3) is 5.76 Å². The molecular formula is C23H24N2O3. The minimum Gasteiger partial charge on any atom is -0.507 e. The van der Waals surface area contributed by atoms with Crippen molar-refractivity contribution in [3.05, 3.63) is 77.4 Å². The van der Waals surface area contributed by atoms with E-state index in [0.717, 1.165) is 25.2 Å². The van der Waals surface area contributed by atoms with E-state index in [2.05, 4.69) is 4.90 Å². The molecule has 0 saturated carbocycles. The molecule has 1 atom stereocenters. The van der Waals surface area contributed by atoms with Crippen molar-refractivity contribution in [1.29, 1.82) is 0 Å². The zero-order valence-electron chi connectivity index (χ0n) is 15.8. The highest BCUT2D eigenvalue weighted by Crippen LogP contribution is 2.39. The predicted molar refractivity (Wildman–Crippen MR) is 108 cm³/mol. The van der Waals surface area contributed by atoms with Crippen LogP contribution in [0.1, 0.15) is 30.0 Å². The highest BCUT2D eigenvalue weighted by Gasteiger charge is 2.45. The summed E-state index contributed by atoms with van der Waals surface area (Å²) >= 11 is 0. The zero-order valence-corrected chi connectivity index (χ0v) is 15.8. The molecular weight excluding hydrogens is 352 g/mol. The Kier molecular flexibility index (Phi) is 5.26. The molecule has 0 bridgehead atoms. The van der Waals surface area contributed by atoms with E-state index in [1.54, 1.807) is 29.2 Å². The number of aliphatic hydroxyl groups is 1. The normalized spacial score (nSPS) is 22.1. The third-order valence-electron chi connectivity index (χ3n) is 5.56. The minimum absolute atomic E-state index is 0.114. The van der Waals surface area contributed by atoms with Gasteiger partial charge in [0.05, 0.1) is 11.6 Å². The number of carbonyl (C=O) groups is 2. The van der Waals surface area contributed by atoms with Gasteiger partial charge in [-0.2, -0.15) is 0 Å². The van der Waals surface area contributed by atoms with Crippen molar-refractivity contribution < 1.29 is 14.7 Å². The summed E-state index contributed by atoms with van der Waals surface area (Å²) in [6.07, 6.45) is 2.35. The number of aliphatic hydroxyl groups excluding tert-OH is 1. The summed E-state index contributed by atoms with van der Waals surface area (Å²) in [5, 5.41) is 10.9. The standard InChI is InChI=1S/C23H24N2O3/c26-21(18-11-5-2-6-12-18)19-20(17-9-3-1-4-10-17)25(23(28)22(19)27)16-15-24-13-7-8-14-24/h1-6,9-12,20,26H,7-8,13-16H2/b21-19+. The topological polar surface area (TPSA) is 60.9 Å². The Morgan fingerprint density at radius 1 is 0.893 bits per heavy atom. The summed E-state index contributed by atoms with van der Waals surface area (Å²) in [4.78, 5) is 29.7. The molecule has 2 aromatic rings. The molecule has 2 saturated heterocycles. The van der Waals surface area contributed by atoms with Crippen LogP contribution in [-0.2, 0) is 9.59 Å². The number of hydrogen-bond donors (Lipinski definition) is 1. The zero-order chi connectivity index (χ0) is 19.5. The number of nitrogens with zero attached hydrogens (tertiary/aromatic N) is 2. The third-order valence-corrected chi connectivity index (χ3v) is 5.56. The molecule has 1 unspecified atom stereocenters. The first-order chi connectivity index (χ1) is 13.7. The van der Waals surface area contributed by atoms with Crippen molar-refractivity contribution in [2.24, 2.45) is 0 Å². The predicted octanol–water partition coefficient (Wildman–Crippen LogP) is 3.20. The molecule has 28 heavy (non-hydrogen) atoms. The lowest BCUT2D eigenvalue weighted by Gasteiger charge is -2.27. The molecule has 0 radical (unpaired) electrons. The van der Waals surface area contributed by atoms with Gasteiger partial charge in [-0.3, -0.25) is 9.59 Å². The summed E-state index contributed by atoms with van der Waals surface area (Å²) in [6.45, 7) is 3.27. The van der Waals surface area contributed by atoms with Gasteiger partial charge in [0, 0.05) is 18.7 Å². The quantitative estimate of drug-likeness (QED) is 0.495. The lowest BCUT2D eigenvalue weighted by molar-refractivity contribution is -0.140. The molecule has 2 fully saturated rings. The van der Waals surface area contributed by atoms with Gasteiger partial charge in [0.2, 0.25) is 0 Å².